The summed E-state index contributed by atoms with van der Waals surface area (Å²) < 4.78 is 29.4. The number of methoxy groups -OCH3 is 1. The highest BCUT2D eigenvalue weighted by Gasteiger charge is 2.24. The number of nitrogen functional groups attached to an aromatic ring is 1. The van der Waals surface area contributed by atoms with Gasteiger partial charge in [0.1, 0.15) is 11.4 Å². The van der Waals surface area contributed by atoms with Crippen LogP contribution in [0.2, 0.25) is 0 Å². The number of anilines is 1. The summed E-state index contributed by atoms with van der Waals surface area (Å²) in [5.74, 6) is -0.634. The molecule has 6 nitrogen and oxygen atoms in total. The van der Waals surface area contributed by atoms with E-state index < -0.39 is 16.0 Å². The molecule has 0 atom stereocenters. The number of carbonyl (C=O) groups excluding carboxylic acids is 1. The Labute approximate surface area is 100 Å². The summed E-state index contributed by atoms with van der Waals surface area (Å²) in [6, 6.07) is 6.07. The minimum atomic E-state index is -3.77. The van der Waals surface area contributed by atoms with Gasteiger partial charge in [0.2, 0.25) is 10.0 Å². The van der Waals surface area contributed by atoms with Crippen molar-refractivity contribution in [2.45, 2.75) is 4.90 Å². The largest absolute Gasteiger partial charge is 0.468 e. The molecule has 94 valence electrons. The number of nitrogens with zero attached hydrogens (tertiary/aromatic N) is 1. The molecule has 0 aliphatic carbocycles. The topological polar surface area (TPSA) is 89.7 Å². The maximum absolute atomic E-state index is 12.0. The first kappa shape index (κ1) is 13.5. The molecule has 0 heterocycles. The highest BCUT2D eigenvalue weighted by atomic mass is 32.2. The van der Waals surface area contributed by atoms with Crippen LogP contribution in [0.15, 0.2) is 29.2 Å². The van der Waals surface area contributed by atoms with Crippen LogP contribution in [0.5, 0.6) is 0 Å². The number of esters is 1. The van der Waals surface area contributed by atoms with Gasteiger partial charge < -0.3 is 10.5 Å². The molecule has 1 rings (SSSR count). The van der Waals surface area contributed by atoms with Crippen LogP contribution in [0.1, 0.15) is 0 Å². The van der Waals surface area contributed by atoms with Crippen molar-refractivity contribution in [3.63, 3.8) is 0 Å². The van der Waals surface area contributed by atoms with Crippen LogP contribution < -0.4 is 5.73 Å². The van der Waals surface area contributed by atoms with E-state index in [4.69, 9.17) is 5.73 Å². The predicted octanol–water partition coefficient (Wildman–Crippen LogP) is 0.0623. The van der Waals surface area contributed by atoms with E-state index >= 15 is 0 Å². The fourth-order valence-corrected chi connectivity index (χ4v) is 2.44. The molecule has 1 aromatic carbocycles. The van der Waals surface area contributed by atoms with Gasteiger partial charge in [-0.1, -0.05) is 12.1 Å². The van der Waals surface area contributed by atoms with Crippen LogP contribution >= 0.6 is 0 Å². The normalized spacial score (nSPS) is 11.5. The van der Waals surface area contributed by atoms with Crippen LogP contribution in [0.3, 0.4) is 0 Å². The molecule has 0 saturated heterocycles. The molecule has 0 aliphatic heterocycles. The number of para-hydroxylation sites is 1. The smallest absolute Gasteiger partial charge is 0.321 e. The highest BCUT2D eigenvalue weighted by Crippen LogP contribution is 2.20. The molecule has 0 aromatic heterocycles. The maximum Gasteiger partial charge on any atom is 0.321 e. The van der Waals surface area contributed by atoms with Crippen molar-refractivity contribution in [3.8, 4) is 0 Å². The number of rotatable bonds is 4. The fourth-order valence-electron chi connectivity index (χ4n) is 1.21. The van der Waals surface area contributed by atoms with E-state index in [1.807, 2.05) is 0 Å². The summed E-state index contributed by atoms with van der Waals surface area (Å²) in [4.78, 5) is 11.0. The molecule has 0 fully saturated rings. The number of hydrogen-bond donors (Lipinski definition) is 1. The Morgan fingerprint density at radius 1 is 1.41 bits per heavy atom. The average molecular weight is 258 g/mol. The first-order valence-corrected chi connectivity index (χ1v) is 6.21. The van der Waals surface area contributed by atoms with Gasteiger partial charge in [0.05, 0.1) is 12.8 Å². The van der Waals surface area contributed by atoms with Crippen LogP contribution in [0.25, 0.3) is 0 Å². The number of benzene rings is 1. The number of hydrogen-bond acceptors (Lipinski definition) is 5. The van der Waals surface area contributed by atoms with Gasteiger partial charge in [0, 0.05) is 7.05 Å². The van der Waals surface area contributed by atoms with Crippen molar-refractivity contribution in [1.82, 2.24) is 4.31 Å². The van der Waals surface area contributed by atoms with Gasteiger partial charge in [0.25, 0.3) is 0 Å². The van der Waals surface area contributed by atoms with Crippen molar-refractivity contribution in [1.29, 1.82) is 0 Å². The van der Waals surface area contributed by atoms with Crippen molar-refractivity contribution in [3.05, 3.63) is 24.3 Å². The zero-order valence-corrected chi connectivity index (χ0v) is 10.4. The Balaban J connectivity index is 3.04. The number of sulfonamides is 1. The van der Waals surface area contributed by atoms with Crippen molar-refractivity contribution in [2.24, 2.45) is 0 Å². The summed E-state index contributed by atoms with van der Waals surface area (Å²) in [7, 11) is -1.28. The summed E-state index contributed by atoms with van der Waals surface area (Å²) >= 11 is 0. The molecule has 0 radical (unpaired) electrons. The number of likely N-dealkylation sites (N-methyl/N-ethyl adjacent to an activating group) is 1. The molecule has 0 spiro atoms. The first-order valence-electron chi connectivity index (χ1n) is 4.77. The van der Waals surface area contributed by atoms with E-state index in [1.165, 1.54) is 26.3 Å². The second-order valence-electron chi connectivity index (χ2n) is 3.38. The summed E-state index contributed by atoms with van der Waals surface area (Å²) in [5, 5.41) is 0. The molecular weight excluding hydrogens is 244 g/mol. The van der Waals surface area contributed by atoms with Gasteiger partial charge in [-0.05, 0) is 12.1 Å². The zero-order chi connectivity index (χ0) is 13.1. The van der Waals surface area contributed by atoms with Gasteiger partial charge in [-0.3, -0.25) is 4.79 Å². The lowest BCUT2D eigenvalue weighted by molar-refractivity contribution is -0.140. The second kappa shape index (κ2) is 5.15. The fraction of sp³-hybridized carbons (Fsp3) is 0.300. The van der Waals surface area contributed by atoms with E-state index in [9.17, 15) is 13.2 Å². The van der Waals surface area contributed by atoms with Gasteiger partial charge in [-0.15, -0.1) is 0 Å². The molecule has 7 heteroatoms. The van der Waals surface area contributed by atoms with Gasteiger partial charge in [-0.25, -0.2) is 8.42 Å². The predicted molar refractivity (Wildman–Crippen MR) is 62.7 cm³/mol. The quantitative estimate of drug-likeness (QED) is 0.609. The third kappa shape index (κ3) is 2.95. The minimum Gasteiger partial charge on any atom is -0.468 e. The van der Waals surface area contributed by atoms with Gasteiger partial charge in [0.15, 0.2) is 0 Å². The summed E-state index contributed by atoms with van der Waals surface area (Å²) in [5.41, 5.74) is 5.73. The van der Waals surface area contributed by atoms with E-state index in [2.05, 4.69) is 4.74 Å². The molecule has 0 saturated carbocycles. The lowest BCUT2D eigenvalue weighted by Gasteiger charge is -2.16. The highest BCUT2D eigenvalue weighted by molar-refractivity contribution is 7.89. The van der Waals surface area contributed by atoms with E-state index in [0.717, 1.165) is 4.31 Å². The van der Waals surface area contributed by atoms with Crippen LogP contribution in [0, 0.1) is 0 Å². The van der Waals surface area contributed by atoms with E-state index in [0.29, 0.717) is 0 Å². The molecule has 2 N–H and O–H groups in total. The Hall–Kier alpha value is -1.60. The van der Waals surface area contributed by atoms with Crippen LogP contribution in [0.4, 0.5) is 5.69 Å². The molecule has 0 aliphatic rings. The number of carbonyl (C=O) groups is 1. The van der Waals surface area contributed by atoms with Gasteiger partial charge in [-0.2, -0.15) is 4.31 Å². The van der Waals surface area contributed by atoms with Crippen molar-refractivity contribution < 1.29 is 17.9 Å². The molecule has 0 bridgehead atoms. The van der Waals surface area contributed by atoms with Gasteiger partial charge >= 0.3 is 5.97 Å². The Morgan fingerprint density at radius 3 is 2.53 bits per heavy atom. The third-order valence-corrected chi connectivity index (χ3v) is 4.06. The number of nitrogens with two attached hydrogens (primary N) is 1. The molecule has 17 heavy (non-hydrogen) atoms. The molecule has 1 aromatic rings. The minimum absolute atomic E-state index is 0.0218. The Bertz CT molecular complexity index is 513. The van der Waals surface area contributed by atoms with Crippen LogP contribution in [-0.2, 0) is 19.6 Å². The Morgan fingerprint density at radius 2 is 2.00 bits per heavy atom. The molecular formula is C10H14N2O4S. The zero-order valence-electron chi connectivity index (χ0n) is 9.58. The van der Waals surface area contributed by atoms with Crippen LogP contribution in [-0.4, -0.2) is 39.4 Å². The first-order chi connectivity index (χ1) is 7.89. The Kier molecular flexibility index (Phi) is 4.08. The van der Waals surface area contributed by atoms with E-state index in [1.54, 1.807) is 12.1 Å². The monoisotopic (exact) mass is 258 g/mol. The van der Waals surface area contributed by atoms with Crippen molar-refractivity contribution >= 4 is 21.7 Å². The third-order valence-electron chi connectivity index (χ3n) is 2.19. The summed E-state index contributed by atoms with van der Waals surface area (Å²) in [6.07, 6.45) is 0. The van der Waals surface area contributed by atoms with Crippen molar-refractivity contribution in [2.75, 3.05) is 26.4 Å². The second-order valence-corrected chi connectivity index (χ2v) is 5.39. The van der Waals surface area contributed by atoms with E-state index in [-0.39, 0.29) is 17.1 Å². The summed E-state index contributed by atoms with van der Waals surface area (Å²) in [6.45, 7) is -0.354. The lowest BCUT2D eigenvalue weighted by atomic mass is 10.3. The lowest BCUT2D eigenvalue weighted by Crippen LogP contribution is -2.33. The average Bonchev–Trinajstić information content (AvgIpc) is 2.29. The molecule has 0 amide bonds. The number of ether oxygens (including phenoxy) is 1. The molecule has 0 unspecified atom stereocenters. The maximum atomic E-state index is 12.0. The standard InChI is InChI=1S/C10H14N2O4S/c1-12(7-10(13)16-2)17(14,15)9-6-4-3-5-8(9)11/h3-6H,7,11H2,1-2H3. The SMILES string of the molecule is COC(=O)CN(C)S(=O)(=O)c1ccccc1N.